The number of halogens is 1. The number of ether oxygens (including phenoxy) is 2. The fourth-order valence-corrected chi connectivity index (χ4v) is 4.40. The van der Waals surface area contributed by atoms with E-state index in [2.05, 4.69) is 29.2 Å². The van der Waals surface area contributed by atoms with Crippen molar-refractivity contribution in [1.82, 2.24) is 4.90 Å². The molecule has 1 aromatic rings. The van der Waals surface area contributed by atoms with Gasteiger partial charge in [-0.1, -0.05) is 48.1 Å². The largest absolute Gasteiger partial charge is 0.486 e. The standard InChI is InChI=1S/C21H26ClNO2S/c1-2-3-4-5-6-7-17-8-9-23(16-17)10-13-26-21-15-20-19(14-18(21)22)24-11-12-25-20/h2-7,14-15,17H,8-13,16H2,1H3/b3-2-,5-4-,7-6+. The van der Waals surface area contributed by atoms with E-state index >= 15 is 0 Å². The van der Waals surface area contributed by atoms with E-state index in [4.69, 9.17) is 21.1 Å². The maximum Gasteiger partial charge on any atom is 0.162 e. The van der Waals surface area contributed by atoms with E-state index < -0.39 is 0 Å². The molecule has 1 atom stereocenters. The second kappa shape index (κ2) is 10.1. The summed E-state index contributed by atoms with van der Waals surface area (Å²) in [6.07, 6.45) is 14.0. The molecule has 140 valence electrons. The minimum absolute atomic E-state index is 0.589. The molecule has 0 N–H and O–H groups in total. The first-order valence-electron chi connectivity index (χ1n) is 9.16. The van der Waals surface area contributed by atoms with E-state index in [0.717, 1.165) is 40.3 Å². The summed E-state index contributed by atoms with van der Waals surface area (Å²) in [5.74, 6) is 3.24. The van der Waals surface area contributed by atoms with Gasteiger partial charge in [-0.3, -0.25) is 0 Å². The van der Waals surface area contributed by atoms with Crippen molar-refractivity contribution in [3.05, 3.63) is 53.6 Å². The molecule has 3 rings (SSSR count). The van der Waals surface area contributed by atoms with E-state index in [1.165, 1.54) is 13.0 Å². The maximum atomic E-state index is 6.38. The number of nitrogens with zero attached hydrogens (tertiary/aromatic N) is 1. The molecule has 0 aromatic heterocycles. The molecule has 1 unspecified atom stereocenters. The van der Waals surface area contributed by atoms with Crippen LogP contribution < -0.4 is 9.47 Å². The number of benzene rings is 1. The molecule has 0 spiro atoms. The van der Waals surface area contributed by atoms with Crippen LogP contribution in [0.15, 0.2) is 53.5 Å². The Hall–Kier alpha value is -1.36. The molecule has 0 radical (unpaired) electrons. The van der Waals surface area contributed by atoms with Crippen LogP contribution in [-0.2, 0) is 0 Å². The fourth-order valence-electron chi connectivity index (χ4n) is 3.12. The monoisotopic (exact) mass is 391 g/mol. The zero-order chi connectivity index (χ0) is 18.2. The number of allylic oxidation sites excluding steroid dienone is 5. The van der Waals surface area contributed by atoms with Crippen LogP contribution >= 0.6 is 23.4 Å². The first kappa shape index (κ1) is 19.4. The van der Waals surface area contributed by atoms with Crippen LogP contribution in [0.25, 0.3) is 0 Å². The summed E-state index contributed by atoms with van der Waals surface area (Å²) >= 11 is 8.17. The highest BCUT2D eigenvalue weighted by molar-refractivity contribution is 7.99. The number of likely N-dealkylation sites (tertiary alicyclic amines) is 1. The highest BCUT2D eigenvalue weighted by Crippen LogP contribution is 2.39. The summed E-state index contributed by atoms with van der Waals surface area (Å²) in [7, 11) is 0. The zero-order valence-electron chi connectivity index (χ0n) is 15.2. The summed E-state index contributed by atoms with van der Waals surface area (Å²) in [6, 6.07) is 3.88. The summed E-state index contributed by atoms with van der Waals surface area (Å²) in [5, 5.41) is 0.745. The second-order valence-electron chi connectivity index (χ2n) is 6.42. The Kier molecular flexibility index (Phi) is 7.54. The first-order chi connectivity index (χ1) is 12.8. The SMILES string of the molecule is C\C=C/C=C\C=C\C1CCN(CCSc2cc3c(cc2Cl)OCCO3)C1. The van der Waals surface area contributed by atoms with E-state index in [9.17, 15) is 0 Å². The van der Waals surface area contributed by atoms with Crippen LogP contribution in [0.4, 0.5) is 0 Å². The van der Waals surface area contributed by atoms with Gasteiger partial charge in [0.1, 0.15) is 13.2 Å². The summed E-state index contributed by atoms with van der Waals surface area (Å²) in [4.78, 5) is 3.60. The predicted octanol–water partition coefficient (Wildman–Crippen LogP) is 5.21. The molecule has 0 bridgehead atoms. The Morgan fingerprint density at radius 2 is 1.92 bits per heavy atom. The molecular formula is C21H26ClNO2S. The molecule has 1 aromatic carbocycles. The number of rotatable bonds is 7. The minimum atomic E-state index is 0.589. The lowest BCUT2D eigenvalue weighted by atomic mass is 10.1. The van der Waals surface area contributed by atoms with Crippen molar-refractivity contribution in [1.29, 1.82) is 0 Å². The fraction of sp³-hybridized carbons (Fsp3) is 0.429. The predicted molar refractivity (Wildman–Crippen MR) is 111 cm³/mol. The molecule has 1 fully saturated rings. The van der Waals surface area contributed by atoms with E-state index in [0.29, 0.717) is 19.1 Å². The smallest absolute Gasteiger partial charge is 0.162 e. The van der Waals surface area contributed by atoms with E-state index in [-0.39, 0.29) is 0 Å². The van der Waals surface area contributed by atoms with Gasteiger partial charge in [-0.25, -0.2) is 0 Å². The molecule has 2 aliphatic rings. The van der Waals surface area contributed by atoms with Crippen molar-refractivity contribution in [2.24, 2.45) is 5.92 Å². The van der Waals surface area contributed by atoms with Crippen LogP contribution in [0.3, 0.4) is 0 Å². The topological polar surface area (TPSA) is 21.7 Å². The van der Waals surface area contributed by atoms with Crippen LogP contribution in [-0.4, -0.2) is 43.5 Å². The van der Waals surface area contributed by atoms with Crippen molar-refractivity contribution in [3.8, 4) is 11.5 Å². The van der Waals surface area contributed by atoms with Crippen LogP contribution in [0.1, 0.15) is 13.3 Å². The van der Waals surface area contributed by atoms with Gasteiger partial charge in [-0.2, -0.15) is 0 Å². The molecule has 2 aliphatic heterocycles. The highest BCUT2D eigenvalue weighted by atomic mass is 35.5. The quantitative estimate of drug-likeness (QED) is 0.469. The lowest BCUT2D eigenvalue weighted by Crippen LogP contribution is -2.23. The number of hydrogen-bond acceptors (Lipinski definition) is 4. The molecule has 1 saturated heterocycles. The van der Waals surface area contributed by atoms with Crippen LogP contribution in [0.5, 0.6) is 11.5 Å². The molecule has 0 saturated carbocycles. The van der Waals surface area contributed by atoms with Crippen molar-refractivity contribution in [2.45, 2.75) is 18.2 Å². The number of hydrogen-bond donors (Lipinski definition) is 0. The Bertz CT molecular complexity index is 687. The average molecular weight is 392 g/mol. The van der Waals surface area contributed by atoms with E-state index in [1.54, 1.807) is 11.8 Å². The van der Waals surface area contributed by atoms with Gasteiger partial charge in [0.15, 0.2) is 11.5 Å². The number of fused-ring (bicyclic) bond motifs is 1. The van der Waals surface area contributed by atoms with Gasteiger partial charge in [-0.15, -0.1) is 11.8 Å². The molecule has 5 heteroatoms. The summed E-state index contributed by atoms with van der Waals surface area (Å²) in [6.45, 7) is 6.61. The third kappa shape index (κ3) is 5.57. The summed E-state index contributed by atoms with van der Waals surface area (Å²) in [5.41, 5.74) is 0. The molecule has 26 heavy (non-hydrogen) atoms. The van der Waals surface area contributed by atoms with Gasteiger partial charge in [0.2, 0.25) is 0 Å². The van der Waals surface area contributed by atoms with Crippen molar-refractivity contribution in [2.75, 3.05) is 38.6 Å². The molecule has 3 nitrogen and oxygen atoms in total. The molecule has 2 heterocycles. The summed E-state index contributed by atoms with van der Waals surface area (Å²) < 4.78 is 11.2. The second-order valence-corrected chi connectivity index (χ2v) is 7.96. The van der Waals surface area contributed by atoms with Crippen molar-refractivity contribution >= 4 is 23.4 Å². The van der Waals surface area contributed by atoms with Gasteiger partial charge in [0.25, 0.3) is 0 Å². The van der Waals surface area contributed by atoms with Crippen LogP contribution in [0, 0.1) is 5.92 Å². The zero-order valence-corrected chi connectivity index (χ0v) is 16.8. The lowest BCUT2D eigenvalue weighted by Gasteiger charge is -2.20. The van der Waals surface area contributed by atoms with Gasteiger partial charge in [0.05, 0.1) is 5.02 Å². The van der Waals surface area contributed by atoms with Gasteiger partial charge < -0.3 is 14.4 Å². The highest BCUT2D eigenvalue weighted by Gasteiger charge is 2.20. The lowest BCUT2D eigenvalue weighted by molar-refractivity contribution is 0.171. The Morgan fingerprint density at radius 1 is 1.15 bits per heavy atom. The first-order valence-corrected chi connectivity index (χ1v) is 10.5. The van der Waals surface area contributed by atoms with Gasteiger partial charge >= 0.3 is 0 Å². The average Bonchev–Trinajstić information content (AvgIpc) is 3.09. The Labute approximate surface area is 165 Å². The third-order valence-corrected chi connectivity index (χ3v) is 5.94. The normalized spacial score (nSPS) is 20.8. The van der Waals surface area contributed by atoms with Crippen LogP contribution in [0.2, 0.25) is 5.02 Å². The van der Waals surface area contributed by atoms with Gasteiger partial charge in [0, 0.05) is 29.8 Å². The Balaban J connectivity index is 1.43. The Morgan fingerprint density at radius 3 is 2.73 bits per heavy atom. The molecule has 0 aliphatic carbocycles. The minimum Gasteiger partial charge on any atom is -0.486 e. The van der Waals surface area contributed by atoms with E-state index in [1.807, 2.05) is 31.2 Å². The molecule has 0 amide bonds. The molecular weight excluding hydrogens is 366 g/mol. The maximum absolute atomic E-state index is 6.38. The number of thioether (sulfide) groups is 1. The van der Waals surface area contributed by atoms with Gasteiger partial charge in [-0.05, 0) is 31.9 Å². The van der Waals surface area contributed by atoms with Crippen molar-refractivity contribution in [3.63, 3.8) is 0 Å². The van der Waals surface area contributed by atoms with Crippen molar-refractivity contribution < 1.29 is 9.47 Å². The third-order valence-electron chi connectivity index (χ3n) is 4.48.